The third-order valence-corrected chi connectivity index (χ3v) is 3.78. The molecule has 3 fully saturated rings. The van der Waals surface area contributed by atoms with Gasteiger partial charge in [-0.2, -0.15) is 0 Å². The Kier molecular flexibility index (Phi) is 2.73. The molecule has 4 nitrogen and oxygen atoms in total. The van der Waals surface area contributed by atoms with Gasteiger partial charge in [0, 0.05) is 12.3 Å². The fourth-order valence-corrected chi connectivity index (χ4v) is 2.48. The van der Waals surface area contributed by atoms with Crippen molar-refractivity contribution in [2.45, 2.75) is 38.2 Å². The maximum Gasteiger partial charge on any atom is 0.302 e. The maximum absolute atomic E-state index is 10.8. The van der Waals surface area contributed by atoms with Crippen LogP contribution in [0.1, 0.15) is 32.6 Å². The van der Waals surface area contributed by atoms with Crippen LogP contribution in [0.3, 0.4) is 0 Å². The van der Waals surface area contributed by atoms with Gasteiger partial charge in [-0.05, 0) is 25.7 Å². The van der Waals surface area contributed by atoms with Gasteiger partial charge in [0.1, 0.15) is 0 Å². The van der Waals surface area contributed by atoms with Crippen molar-refractivity contribution in [3.63, 3.8) is 0 Å². The number of aliphatic hydroxyl groups is 1. The van der Waals surface area contributed by atoms with E-state index in [2.05, 4.69) is 0 Å². The fraction of sp³-hybridized carbons (Fsp3) is 0.909. The molecule has 3 rings (SSSR count). The standard InChI is InChI=1S/C11H18O4/c1-9(13)14-7-10-2-4-11(6-12,5-3-10)15-8-10/h12H,2-8H2,1H3. The van der Waals surface area contributed by atoms with Gasteiger partial charge in [-0.1, -0.05) is 0 Å². The first-order valence-electron chi connectivity index (χ1n) is 5.48. The SMILES string of the molecule is CC(=O)OCC12CCC(CO)(CC1)OC2. The highest BCUT2D eigenvalue weighted by atomic mass is 16.5. The van der Waals surface area contributed by atoms with E-state index in [4.69, 9.17) is 9.47 Å². The van der Waals surface area contributed by atoms with Gasteiger partial charge in [-0.3, -0.25) is 4.79 Å². The molecule has 3 aliphatic rings. The molecule has 0 aromatic carbocycles. The lowest BCUT2D eigenvalue weighted by atomic mass is 9.66. The largest absolute Gasteiger partial charge is 0.465 e. The van der Waals surface area contributed by atoms with E-state index >= 15 is 0 Å². The van der Waals surface area contributed by atoms with Gasteiger partial charge in [0.2, 0.25) is 0 Å². The first-order valence-corrected chi connectivity index (χ1v) is 5.48. The highest BCUT2D eigenvalue weighted by molar-refractivity contribution is 5.65. The molecular formula is C11H18O4. The van der Waals surface area contributed by atoms with Crippen molar-refractivity contribution in [2.75, 3.05) is 19.8 Å². The number of hydrogen-bond donors (Lipinski definition) is 1. The number of esters is 1. The Labute approximate surface area is 89.6 Å². The Morgan fingerprint density at radius 2 is 2.07 bits per heavy atom. The van der Waals surface area contributed by atoms with Gasteiger partial charge in [-0.25, -0.2) is 0 Å². The summed E-state index contributed by atoms with van der Waals surface area (Å²) in [5, 5.41) is 9.26. The molecule has 0 aromatic rings. The zero-order chi connectivity index (χ0) is 10.9. The van der Waals surface area contributed by atoms with Crippen molar-refractivity contribution in [3.05, 3.63) is 0 Å². The summed E-state index contributed by atoms with van der Waals surface area (Å²) >= 11 is 0. The number of hydrogen-bond acceptors (Lipinski definition) is 4. The molecule has 2 aliphatic heterocycles. The summed E-state index contributed by atoms with van der Waals surface area (Å²) in [6, 6.07) is 0. The van der Waals surface area contributed by atoms with Crippen LogP contribution in [0.25, 0.3) is 0 Å². The summed E-state index contributed by atoms with van der Waals surface area (Å²) in [5.41, 5.74) is -0.277. The average Bonchev–Trinajstić information content (AvgIpc) is 2.29. The van der Waals surface area contributed by atoms with E-state index in [1.807, 2.05) is 0 Å². The van der Waals surface area contributed by atoms with Crippen molar-refractivity contribution >= 4 is 5.97 Å². The van der Waals surface area contributed by atoms with Crippen LogP contribution in [0.5, 0.6) is 0 Å². The Hall–Kier alpha value is -0.610. The first-order chi connectivity index (χ1) is 7.10. The van der Waals surface area contributed by atoms with Crippen molar-refractivity contribution < 1.29 is 19.4 Å². The molecule has 1 saturated carbocycles. The molecule has 1 N–H and O–H groups in total. The monoisotopic (exact) mass is 214 g/mol. The Bertz CT molecular complexity index is 237. The van der Waals surface area contributed by atoms with Crippen LogP contribution in [0.2, 0.25) is 0 Å². The quantitative estimate of drug-likeness (QED) is 0.708. The molecule has 0 amide bonds. The minimum Gasteiger partial charge on any atom is -0.465 e. The van der Waals surface area contributed by atoms with Crippen molar-refractivity contribution in [1.82, 2.24) is 0 Å². The van der Waals surface area contributed by atoms with Crippen molar-refractivity contribution in [3.8, 4) is 0 Å². The van der Waals surface area contributed by atoms with Crippen LogP contribution in [0.15, 0.2) is 0 Å². The molecule has 2 bridgehead atoms. The molecule has 86 valence electrons. The molecular weight excluding hydrogens is 196 g/mol. The van der Waals surface area contributed by atoms with Crippen LogP contribution in [0, 0.1) is 5.41 Å². The summed E-state index contributed by atoms with van der Waals surface area (Å²) in [5.74, 6) is -0.228. The smallest absolute Gasteiger partial charge is 0.302 e. The number of aliphatic hydroxyl groups excluding tert-OH is 1. The zero-order valence-electron chi connectivity index (χ0n) is 9.12. The fourth-order valence-electron chi connectivity index (χ4n) is 2.48. The molecule has 0 atom stereocenters. The van der Waals surface area contributed by atoms with E-state index in [0.29, 0.717) is 13.2 Å². The van der Waals surface area contributed by atoms with Gasteiger partial charge in [-0.15, -0.1) is 0 Å². The van der Waals surface area contributed by atoms with Gasteiger partial charge < -0.3 is 14.6 Å². The number of carbonyl (C=O) groups is 1. The topological polar surface area (TPSA) is 55.8 Å². The van der Waals surface area contributed by atoms with Crippen LogP contribution >= 0.6 is 0 Å². The predicted molar refractivity (Wildman–Crippen MR) is 53.3 cm³/mol. The second kappa shape index (κ2) is 3.76. The van der Waals surface area contributed by atoms with E-state index in [1.165, 1.54) is 6.92 Å². The molecule has 0 aromatic heterocycles. The van der Waals surface area contributed by atoms with Gasteiger partial charge in [0.15, 0.2) is 0 Å². The second-order valence-electron chi connectivity index (χ2n) is 4.91. The maximum atomic E-state index is 10.8. The Balaban J connectivity index is 1.94. The number of ether oxygens (including phenoxy) is 2. The third-order valence-electron chi connectivity index (χ3n) is 3.78. The average molecular weight is 214 g/mol. The van der Waals surface area contributed by atoms with Crippen LogP contribution < -0.4 is 0 Å². The zero-order valence-corrected chi connectivity index (χ0v) is 9.12. The Morgan fingerprint density at radius 1 is 1.40 bits per heavy atom. The molecule has 0 spiro atoms. The lowest BCUT2D eigenvalue weighted by Crippen LogP contribution is -2.54. The van der Waals surface area contributed by atoms with E-state index < -0.39 is 0 Å². The van der Waals surface area contributed by atoms with Gasteiger partial charge in [0.25, 0.3) is 0 Å². The van der Waals surface area contributed by atoms with E-state index in [9.17, 15) is 9.90 Å². The molecule has 4 heteroatoms. The van der Waals surface area contributed by atoms with Crippen LogP contribution in [-0.2, 0) is 14.3 Å². The summed E-state index contributed by atoms with van der Waals surface area (Å²) in [6.45, 7) is 2.61. The van der Waals surface area contributed by atoms with Gasteiger partial charge >= 0.3 is 5.97 Å². The van der Waals surface area contributed by atoms with E-state index in [-0.39, 0.29) is 23.6 Å². The van der Waals surface area contributed by atoms with Crippen LogP contribution in [0.4, 0.5) is 0 Å². The molecule has 2 saturated heterocycles. The first kappa shape index (κ1) is 10.9. The van der Waals surface area contributed by atoms with Crippen LogP contribution in [-0.4, -0.2) is 36.5 Å². The summed E-state index contributed by atoms with van der Waals surface area (Å²) in [6.07, 6.45) is 3.73. The lowest BCUT2D eigenvalue weighted by molar-refractivity contribution is -0.212. The van der Waals surface area contributed by atoms with E-state index in [0.717, 1.165) is 25.7 Å². The summed E-state index contributed by atoms with van der Waals surface area (Å²) in [4.78, 5) is 10.8. The number of rotatable bonds is 3. The minimum atomic E-state index is -0.294. The highest BCUT2D eigenvalue weighted by Crippen LogP contribution is 2.48. The summed E-state index contributed by atoms with van der Waals surface area (Å²) < 4.78 is 10.8. The lowest BCUT2D eigenvalue weighted by Gasteiger charge is -2.52. The van der Waals surface area contributed by atoms with Crippen molar-refractivity contribution in [2.24, 2.45) is 5.41 Å². The van der Waals surface area contributed by atoms with Gasteiger partial charge in [0.05, 0.1) is 25.4 Å². The molecule has 1 aliphatic carbocycles. The molecule has 0 unspecified atom stereocenters. The third kappa shape index (κ3) is 2.01. The van der Waals surface area contributed by atoms with E-state index in [1.54, 1.807) is 0 Å². The number of fused-ring (bicyclic) bond motifs is 3. The normalized spacial score (nSPS) is 39.1. The minimum absolute atomic E-state index is 0.0165. The summed E-state index contributed by atoms with van der Waals surface area (Å²) in [7, 11) is 0. The Morgan fingerprint density at radius 3 is 2.47 bits per heavy atom. The second-order valence-corrected chi connectivity index (χ2v) is 4.91. The molecule has 2 heterocycles. The predicted octanol–water partition coefficient (Wildman–Crippen LogP) is 0.871. The molecule has 0 radical (unpaired) electrons. The van der Waals surface area contributed by atoms with Crippen molar-refractivity contribution in [1.29, 1.82) is 0 Å². The highest BCUT2D eigenvalue weighted by Gasteiger charge is 2.49. The number of carbonyl (C=O) groups excluding carboxylic acids is 1. The molecule has 15 heavy (non-hydrogen) atoms.